The fourth-order valence-corrected chi connectivity index (χ4v) is 4.08. The Morgan fingerprint density at radius 2 is 2.05 bits per heavy atom. The Labute approximate surface area is 134 Å². The molecule has 0 spiro atoms. The smallest absolute Gasteiger partial charge is 0.244 e. The molecule has 21 heavy (non-hydrogen) atoms. The molecule has 1 N–H and O–H groups in total. The van der Waals surface area contributed by atoms with Gasteiger partial charge in [-0.2, -0.15) is 5.10 Å². The van der Waals surface area contributed by atoms with Crippen molar-refractivity contribution in [2.75, 3.05) is 0 Å². The highest BCUT2D eigenvalue weighted by Crippen LogP contribution is 2.66. The molecule has 112 valence electrons. The van der Waals surface area contributed by atoms with Gasteiger partial charge >= 0.3 is 0 Å². The van der Waals surface area contributed by atoms with Crippen molar-refractivity contribution >= 4 is 27.5 Å². The van der Waals surface area contributed by atoms with Gasteiger partial charge in [0.1, 0.15) is 0 Å². The fraction of sp³-hybridized carbons (Fsp3) is 0.529. The molecule has 0 heterocycles. The number of hydrogen-bond donors (Lipinski definition) is 1. The normalized spacial score (nSPS) is 31.5. The summed E-state index contributed by atoms with van der Waals surface area (Å²) in [5.74, 6) is 0.844. The molecule has 2 aliphatic carbocycles. The summed E-state index contributed by atoms with van der Waals surface area (Å²) in [6.45, 7) is 4.18. The summed E-state index contributed by atoms with van der Waals surface area (Å²) < 4.78 is 1.04. The molecule has 2 saturated carbocycles. The number of halogens is 1. The molecule has 4 heteroatoms. The van der Waals surface area contributed by atoms with Crippen molar-refractivity contribution in [3.8, 4) is 0 Å². The first kappa shape index (κ1) is 14.8. The highest BCUT2D eigenvalue weighted by atomic mass is 79.9. The van der Waals surface area contributed by atoms with Crippen LogP contribution in [0.15, 0.2) is 33.8 Å². The number of nitrogens with one attached hydrogen (secondary N) is 1. The third-order valence-corrected chi connectivity index (χ3v) is 5.74. The molecule has 1 amide bonds. The van der Waals surface area contributed by atoms with Gasteiger partial charge in [0.25, 0.3) is 0 Å². The monoisotopic (exact) mass is 348 g/mol. The number of fused-ring (bicyclic) bond motifs is 1. The predicted molar refractivity (Wildman–Crippen MR) is 88.1 cm³/mol. The van der Waals surface area contributed by atoms with Crippen molar-refractivity contribution in [3.05, 3.63) is 34.3 Å². The van der Waals surface area contributed by atoms with Crippen molar-refractivity contribution < 1.29 is 4.79 Å². The highest BCUT2D eigenvalue weighted by molar-refractivity contribution is 9.10. The van der Waals surface area contributed by atoms with E-state index in [1.165, 1.54) is 25.7 Å². The Morgan fingerprint density at radius 3 is 2.67 bits per heavy atom. The summed E-state index contributed by atoms with van der Waals surface area (Å²) in [6.07, 6.45) is 4.92. The molecular formula is C17H21BrN2O. The van der Waals surface area contributed by atoms with E-state index in [2.05, 4.69) is 33.4 Å². The van der Waals surface area contributed by atoms with E-state index in [0.717, 1.165) is 15.7 Å². The van der Waals surface area contributed by atoms with Crippen LogP contribution in [-0.2, 0) is 4.79 Å². The molecule has 0 aromatic heterocycles. The number of amides is 1. The van der Waals surface area contributed by atoms with E-state index < -0.39 is 0 Å². The van der Waals surface area contributed by atoms with E-state index in [0.29, 0.717) is 5.92 Å². The van der Waals surface area contributed by atoms with Crippen LogP contribution in [0.4, 0.5) is 0 Å². The van der Waals surface area contributed by atoms with E-state index in [1.807, 2.05) is 31.2 Å². The van der Waals surface area contributed by atoms with Gasteiger partial charge in [0.05, 0.1) is 5.71 Å². The molecule has 3 nitrogen and oxygen atoms in total. The Kier molecular flexibility index (Phi) is 3.91. The van der Waals surface area contributed by atoms with E-state index in [4.69, 9.17) is 0 Å². The van der Waals surface area contributed by atoms with Gasteiger partial charge in [0, 0.05) is 10.4 Å². The first-order valence-electron chi connectivity index (χ1n) is 7.62. The standard InChI is InChI=1S/C17H21BrN2O/c1-11(12-6-8-13(18)9-7-12)19-20-16(21)15-14-5-3-4-10-17(14,15)2/h6-9,14-15H,3-5,10H2,1-2H3,(H,20,21)/b19-11-/t14-,15-,17+/m0/s1. The minimum Gasteiger partial charge on any atom is -0.273 e. The molecule has 1 aromatic carbocycles. The summed E-state index contributed by atoms with van der Waals surface area (Å²) >= 11 is 3.42. The van der Waals surface area contributed by atoms with Crippen LogP contribution >= 0.6 is 15.9 Å². The van der Waals surface area contributed by atoms with Crippen LogP contribution in [0.25, 0.3) is 0 Å². The quantitative estimate of drug-likeness (QED) is 0.647. The Hall–Kier alpha value is -1.16. The number of hydrogen-bond acceptors (Lipinski definition) is 2. The van der Waals surface area contributed by atoms with Crippen LogP contribution in [0.5, 0.6) is 0 Å². The Bertz CT molecular complexity index is 581. The molecule has 3 rings (SSSR count). The lowest BCUT2D eigenvalue weighted by molar-refractivity contribution is -0.123. The number of rotatable bonds is 3. The lowest BCUT2D eigenvalue weighted by Crippen LogP contribution is -2.23. The SMILES string of the molecule is C/C(=N/NC(=O)[C@@H]1[C@@H]2CCCC[C@@]12C)c1ccc(Br)cc1. The largest absolute Gasteiger partial charge is 0.273 e. The van der Waals surface area contributed by atoms with Crippen molar-refractivity contribution in [2.45, 2.75) is 39.5 Å². The Balaban J connectivity index is 1.63. The second-order valence-electron chi connectivity index (χ2n) is 6.52. The molecule has 0 unspecified atom stereocenters. The minimum absolute atomic E-state index is 0.0980. The first-order valence-corrected chi connectivity index (χ1v) is 8.42. The average molecular weight is 349 g/mol. The second-order valence-corrected chi connectivity index (χ2v) is 7.43. The van der Waals surface area contributed by atoms with Crippen LogP contribution < -0.4 is 5.43 Å². The summed E-state index contributed by atoms with van der Waals surface area (Å²) in [7, 11) is 0. The third kappa shape index (κ3) is 2.78. The summed E-state index contributed by atoms with van der Waals surface area (Å²) in [5.41, 5.74) is 4.88. The van der Waals surface area contributed by atoms with Gasteiger partial charge < -0.3 is 0 Å². The zero-order chi connectivity index (χ0) is 15.0. The van der Waals surface area contributed by atoms with Crippen LogP contribution in [0.3, 0.4) is 0 Å². The molecule has 2 aliphatic rings. The lowest BCUT2D eigenvalue weighted by Gasteiger charge is -2.15. The van der Waals surface area contributed by atoms with Crippen molar-refractivity contribution in [1.29, 1.82) is 0 Å². The minimum atomic E-state index is 0.0980. The van der Waals surface area contributed by atoms with Gasteiger partial charge in [0.2, 0.25) is 5.91 Å². The summed E-state index contributed by atoms with van der Waals surface area (Å²) in [5, 5.41) is 4.28. The van der Waals surface area contributed by atoms with Gasteiger partial charge in [-0.1, -0.05) is 47.8 Å². The first-order chi connectivity index (χ1) is 10.0. The molecular weight excluding hydrogens is 328 g/mol. The Morgan fingerprint density at radius 1 is 1.33 bits per heavy atom. The van der Waals surface area contributed by atoms with Gasteiger partial charge in [-0.15, -0.1) is 0 Å². The maximum Gasteiger partial charge on any atom is 0.244 e. The fourth-order valence-electron chi connectivity index (χ4n) is 3.81. The predicted octanol–water partition coefficient (Wildman–Crippen LogP) is 4.12. The van der Waals surface area contributed by atoms with E-state index >= 15 is 0 Å². The van der Waals surface area contributed by atoms with Crippen LogP contribution in [0.2, 0.25) is 0 Å². The van der Waals surface area contributed by atoms with Gasteiger partial charge in [-0.25, -0.2) is 5.43 Å². The van der Waals surface area contributed by atoms with Crippen LogP contribution in [0, 0.1) is 17.3 Å². The highest BCUT2D eigenvalue weighted by Gasteiger charge is 2.64. The van der Waals surface area contributed by atoms with E-state index in [1.54, 1.807) is 0 Å². The van der Waals surface area contributed by atoms with E-state index in [-0.39, 0.29) is 17.2 Å². The molecule has 0 saturated heterocycles. The zero-order valence-electron chi connectivity index (χ0n) is 12.5. The maximum atomic E-state index is 12.3. The molecule has 0 aliphatic heterocycles. The molecule has 3 atom stereocenters. The average Bonchev–Trinajstić information content (AvgIpc) is 3.11. The summed E-state index contributed by atoms with van der Waals surface area (Å²) in [6, 6.07) is 7.94. The summed E-state index contributed by atoms with van der Waals surface area (Å²) in [4.78, 5) is 12.3. The lowest BCUT2D eigenvalue weighted by atomic mass is 9.90. The van der Waals surface area contributed by atoms with Crippen molar-refractivity contribution in [3.63, 3.8) is 0 Å². The second kappa shape index (κ2) is 5.56. The van der Waals surface area contributed by atoms with E-state index in [9.17, 15) is 4.79 Å². The van der Waals surface area contributed by atoms with Crippen LogP contribution in [-0.4, -0.2) is 11.6 Å². The van der Waals surface area contributed by atoms with Crippen molar-refractivity contribution in [2.24, 2.45) is 22.4 Å². The van der Waals surface area contributed by atoms with Crippen molar-refractivity contribution in [1.82, 2.24) is 5.43 Å². The zero-order valence-corrected chi connectivity index (χ0v) is 14.1. The molecule has 1 aromatic rings. The maximum absolute atomic E-state index is 12.3. The number of carbonyl (C=O) groups is 1. The molecule has 0 bridgehead atoms. The van der Waals surface area contributed by atoms with Gasteiger partial charge in [-0.3, -0.25) is 4.79 Å². The molecule has 2 fully saturated rings. The van der Waals surface area contributed by atoms with Gasteiger partial charge in [-0.05, 0) is 48.8 Å². The molecule has 0 radical (unpaired) electrons. The van der Waals surface area contributed by atoms with Gasteiger partial charge in [0.15, 0.2) is 0 Å². The van der Waals surface area contributed by atoms with Crippen LogP contribution in [0.1, 0.15) is 45.1 Å². The topological polar surface area (TPSA) is 41.5 Å². The number of benzene rings is 1. The number of hydrazone groups is 1. The number of carbonyl (C=O) groups excluding carboxylic acids is 1. The number of nitrogens with zero attached hydrogens (tertiary/aromatic N) is 1. The third-order valence-electron chi connectivity index (χ3n) is 5.21.